The zero-order chi connectivity index (χ0) is 17.4. The van der Waals surface area contributed by atoms with Crippen LogP contribution >= 0.6 is 0 Å². The van der Waals surface area contributed by atoms with Gasteiger partial charge in [-0.3, -0.25) is 4.79 Å². The minimum absolute atomic E-state index is 0.137. The van der Waals surface area contributed by atoms with Gasteiger partial charge >= 0.3 is 6.18 Å². The van der Waals surface area contributed by atoms with E-state index in [4.69, 9.17) is 4.42 Å². The molecule has 0 aliphatic carbocycles. The Labute approximate surface area is 133 Å². The van der Waals surface area contributed by atoms with E-state index in [1.165, 1.54) is 17.9 Å². The highest BCUT2D eigenvalue weighted by atomic mass is 19.4. The van der Waals surface area contributed by atoms with E-state index in [2.05, 4.69) is 6.92 Å². The summed E-state index contributed by atoms with van der Waals surface area (Å²) in [4.78, 5) is 13.8. The molecule has 0 saturated carbocycles. The van der Waals surface area contributed by atoms with Gasteiger partial charge < -0.3 is 14.4 Å². The number of aliphatic hydroxyl groups is 1. The van der Waals surface area contributed by atoms with E-state index in [0.717, 1.165) is 18.9 Å². The second kappa shape index (κ2) is 6.19. The molecule has 1 fully saturated rings. The van der Waals surface area contributed by atoms with E-state index >= 15 is 0 Å². The number of hydrogen-bond donors (Lipinski definition) is 1. The van der Waals surface area contributed by atoms with Crippen LogP contribution in [0.25, 0.3) is 0 Å². The van der Waals surface area contributed by atoms with Crippen molar-refractivity contribution in [1.82, 2.24) is 4.90 Å². The molecule has 3 atom stereocenters. The van der Waals surface area contributed by atoms with Crippen molar-refractivity contribution < 1.29 is 27.5 Å². The predicted molar refractivity (Wildman–Crippen MR) is 77.6 cm³/mol. The van der Waals surface area contributed by atoms with Gasteiger partial charge in [0.25, 0.3) is 0 Å². The van der Waals surface area contributed by atoms with E-state index in [0.29, 0.717) is 12.5 Å². The van der Waals surface area contributed by atoms with Crippen LogP contribution in [0, 0.1) is 12.8 Å². The van der Waals surface area contributed by atoms with E-state index in [-0.39, 0.29) is 11.8 Å². The second-order valence-corrected chi connectivity index (χ2v) is 6.51. The smallest absolute Gasteiger partial charge is 0.425 e. The highest BCUT2D eigenvalue weighted by molar-refractivity contribution is 5.78. The Balaban J connectivity index is 2.23. The molecule has 1 saturated heterocycles. The van der Waals surface area contributed by atoms with E-state index in [1.54, 1.807) is 0 Å². The van der Waals surface area contributed by atoms with Gasteiger partial charge in [0.05, 0.1) is 6.42 Å². The fraction of sp³-hybridized carbons (Fsp3) is 0.688. The van der Waals surface area contributed by atoms with Gasteiger partial charge in [0.1, 0.15) is 11.5 Å². The van der Waals surface area contributed by atoms with Crippen molar-refractivity contribution in [2.75, 3.05) is 6.54 Å². The van der Waals surface area contributed by atoms with Gasteiger partial charge in [0.15, 0.2) is 0 Å². The van der Waals surface area contributed by atoms with Crippen molar-refractivity contribution in [2.45, 2.75) is 57.9 Å². The number of amides is 1. The summed E-state index contributed by atoms with van der Waals surface area (Å²) in [5, 5.41) is 10.2. The maximum atomic E-state index is 13.4. The summed E-state index contributed by atoms with van der Waals surface area (Å²) < 4.78 is 45.2. The normalized spacial score (nSPS) is 25.3. The summed E-state index contributed by atoms with van der Waals surface area (Å²) in [7, 11) is 0. The van der Waals surface area contributed by atoms with E-state index in [1.807, 2.05) is 6.92 Å². The Morgan fingerprint density at radius 3 is 2.52 bits per heavy atom. The molecule has 23 heavy (non-hydrogen) atoms. The Morgan fingerprint density at radius 2 is 2.04 bits per heavy atom. The topological polar surface area (TPSA) is 53.7 Å². The van der Waals surface area contributed by atoms with Gasteiger partial charge in [-0.1, -0.05) is 6.92 Å². The molecule has 0 radical (unpaired) electrons. The molecule has 7 heteroatoms. The lowest BCUT2D eigenvalue weighted by Crippen LogP contribution is -2.50. The number of piperidine rings is 1. The fourth-order valence-corrected chi connectivity index (χ4v) is 3.08. The van der Waals surface area contributed by atoms with Crippen LogP contribution in [0.15, 0.2) is 16.5 Å². The number of carbonyl (C=O) groups is 1. The molecule has 1 aliphatic heterocycles. The van der Waals surface area contributed by atoms with Crippen molar-refractivity contribution in [3.8, 4) is 0 Å². The molecule has 1 aromatic heterocycles. The van der Waals surface area contributed by atoms with Crippen LogP contribution in [0.1, 0.15) is 44.6 Å². The average Bonchev–Trinajstić information content (AvgIpc) is 2.84. The maximum Gasteiger partial charge on any atom is 0.425 e. The lowest BCUT2D eigenvalue weighted by molar-refractivity contribution is -0.274. The number of aryl methyl sites for hydroxylation is 1. The van der Waals surface area contributed by atoms with Crippen LogP contribution in [0.3, 0.4) is 0 Å². The molecule has 1 aromatic rings. The predicted octanol–water partition coefficient (Wildman–Crippen LogP) is 3.38. The molecule has 2 rings (SSSR count). The van der Waals surface area contributed by atoms with Gasteiger partial charge in [0.2, 0.25) is 11.5 Å². The van der Waals surface area contributed by atoms with Gasteiger partial charge in [-0.15, -0.1) is 0 Å². The van der Waals surface area contributed by atoms with Crippen LogP contribution in [-0.2, 0) is 10.4 Å². The third-order valence-corrected chi connectivity index (χ3v) is 4.48. The van der Waals surface area contributed by atoms with E-state index in [9.17, 15) is 23.1 Å². The second-order valence-electron chi connectivity index (χ2n) is 6.51. The highest BCUT2D eigenvalue weighted by Gasteiger charge is 2.58. The van der Waals surface area contributed by atoms with Gasteiger partial charge in [-0.05, 0) is 44.7 Å². The lowest BCUT2D eigenvalue weighted by atomic mass is 9.90. The summed E-state index contributed by atoms with van der Waals surface area (Å²) >= 11 is 0. The van der Waals surface area contributed by atoms with E-state index < -0.39 is 29.9 Å². The molecule has 3 unspecified atom stereocenters. The molecule has 1 amide bonds. The molecule has 130 valence electrons. The molecular formula is C16H22F3NO3. The maximum absolute atomic E-state index is 13.4. The summed E-state index contributed by atoms with van der Waals surface area (Å²) in [5.74, 6) is -0.675. The summed E-state index contributed by atoms with van der Waals surface area (Å²) in [5.41, 5.74) is -3.30. The summed E-state index contributed by atoms with van der Waals surface area (Å²) in [6.45, 7) is 5.76. The first-order valence-electron chi connectivity index (χ1n) is 7.70. The van der Waals surface area contributed by atoms with Crippen molar-refractivity contribution in [2.24, 2.45) is 5.92 Å². The van der Waals surface area contributed by atoms with Crippen molar-refractivity contribution in [3.05, 3.63) is 23.7 Å². The summed E-state index contributed by atoms with van der Waals surface area (Å²) in [6.07, 6.45) is -4.57. The zero-order valence-electron chi connectivity index (χ0n) is 13.5. The van der Waals surface area contributed by atoms with Crippen molar-refractivity contribution in [1.29, 1.82) is 0 Å². The molecule has 0 aromatic carbocycles. The van der Waals surface area contributed by atoms with Crippen molar-refractivity contribution >= 4 is 5.91 Å². The molecule has 1 N–H and O–H groups in total. The molecule has 4 nitrogen and oxygen atoms in total. The van der Waals surface area contributed by atoms with Crippen LogP contribution in [0.5, 0.6) is 0 Å². The number of nitrogens with zero attached hydrogens (tertiary/aromatic N) is 1. The number of rotatable bonds is 3. The quantitative estimate of drug-likeness (QED) is 0.923. The van der Waals surface area contributed by atoms with Crippen LogP contribution < -0.4 is 0 Å². The van der Waals surface area contributed by atoms with Gasteiger partial charge in [0, 0.05) is 12.6 Å². The van der Waals surface area contributed by atoms with Gasteiger partial charge in [-0.2, -0.15) is 13.2 Å². The number of likely N-dealkylation sites (tertiary alicyclic amines) is 1. The van der Waals surface area contributed by atoms with Crippen LogP contribution in [0.2, 0.25) is 0 Å². The highest BCUT2D eigenvalue weighted by Crippen LogP contribution is 2.43. The third-order valence-electron chi connectivity index (χ3n) is 4.48. The molecular weight excluding hydrogens is 311 g/mol. The van der Waals surface area contributed by atoms with Gasteiger partial charge in [-0.25, -0.2) is 0 Å². The first-order chi connectivity index (χ1) is 10.5. The Kier molecular flexibility index (Phi) is 4.80. The Bertz CT molecular complexity index is 569. The first-order valence-corrected chi connectivity index (χ1v) is 7.70. The molecule has 0 spiro atoms. The average molecular weight is 333 g/mol. The Hall–Kier alpha value is -1.50. The third kappa shape index (κ3) is 3.54. The molecule has 1 aliphatic rings. The monoisotopic (exact) mass is 333 g/mol. The molecule has 2 heterocycles. The molecule has 0 bridgehead atoms. The number of hydrogen-bond acceptors (Lipinski definition) is 3. The van der Waals surface area contributed by atoms with Crippen molar-refractivity contribution in [3.63, 3.8) is 0 Å². The zero-order valence-corrected chi connectivity index (χ0v) is 13.5. The fourth-order valence-electron chi connectivity index (χ4n) is 3.08. The lowest BCUT2D eigenvalue weighted by Gasteiger charge is -2.38. The first kappa shape index (κ1) is 17.8. The number of carbonyl (C=O) groups excluding carboxylic acids is 1. The minimum Gasteiger partial charge on any atom is -0.463 e. The number of halogens is 3. The number of furan rings is 1. The Morgan fingerprint density at radius 1 is 1.39 bits per heavy atom. The van der Waals surface area contributed by atoms with Crippen LogP contribution in [0.4, 0.5) is 13.2 Å². The number of alkyl halides is 3. The van der Waals surface area contributed by atoms with Crippen LogP contribution in [-0.4, -0.2) is 34.7 Å². The largest absolute Gasteiger partial charge is 0.463 e. The SMILES string of the molecule is Cc1ccc(C(O)(CC(=O)N2CCC(C)CC2C)C(F)(F)F)o1. The summed E-state index contributed by atoms with van der Waals surface area (Å²) in [6, 6.07) is 2.27. The standard InChI is InChI=1S/C16H22F3NO3/c1-10-6-7-20(11(2)8-10)14(21)9-15(22,16(17,18)19)13-5-4-12(3)23-13/h4-5,10-11,22H,6-9H2,1-3H3. The minimum atomic E-state index is -5.00.